The van der Waals surface area contributed by atoms with Gasteiger partial charge in [0, 0.05) is 31.3 Å². The second-order valence-corrected chi connectivity index (χ2v) is 18.6. The topological polar surface area (TPSA) is 130 Å². The summed E-state index contributed by atoms with van der Waals surface area (Å²) < 4.78 is 35.1. The first kappa shape index (κ1) is 51.0. The Hall–Kier alpha value is -1.14. The van der Waals surface area contributed by atoms with E-state index in [0.717, 1.165) is 51.4 Å². The zero-order valence-corrected chi connectivity index (χ0v) is 37.0. The Morgan fingerprint density at radius 1 is 0.786 bits per heavy atom. The van der Waals surface area contributed by atoms with Crippen LogP contribution >= 0.6 is 7.82 Å². The van der Waals surface area contributed by atoms with Crippen LogP contribution in [0.1, 0.15) is 162 Å². The van der Waals surface area contributed by atoms with Crippen LogP contribution in [0.3, 0.4) is 0 Å². The zero-order chi connectivity index (χ0) is 40.9. The molecule has 0 amide bonds. The molecule has 0 aromatic rings. The standard InChI is InChI=1S/C44H82NO10P/c1-6-8-10-11-12-13-14-15-16-17-18-19-22-26-33-50-36-39(37-52-56(48,49)51-34-32-45(3,4)5)53-44(47)29-25-21-20-24-28-40-41(43-35-42(40)54-55-43)31-30-38(46)27-23-9-7-2/h20,24,30-31,38-43,46H,6-19,21-23,25-29,32-37H2,1-5H3/p+1/b24-20-,31-30+. The molecule has 0 aromatic heterocycles. The molecule has 0 aromatic carbocycles. The molecule has 0 radical (unpaired) electrons. The van der Waals surface area contributed by atoms with Gasteiger partial charge in [-0.3, -0.25) is 13.8 Å². The first-order chi connectivity index (χ1) is 26.9. The molecule has 1 aliphatic carbocycles. The fourth-order valence-electron chi connectivity index (χ4n) is 7.33. The predicted octanol–water partition coefficient (Wildman–Crippen LogP) is 10.2. The second kappa shape index (κ2) is 30.8. The minimum Gasteiger partial charge on any atom is -0.457 e. The highest BCUT2D eigenvalue weighted by Crippen LogP contribution is 2.45. The number of carbonyl (C=O) groups excluding carboxylic acids is 1. The molecule has 2 N–H and O–H groups in total. The lowest BCUT2D eigenvalue weighted by Gasteiger charge is -2.27. The molecule has 11 nitrogen and oxygen atoms in total. The summed E-state index contributed by atoms with van der Waals surface area (Å²) >= 11 is 0. The van der Waals surface area contributed by atoms with Crippen LogP contribution in [0.25, 0.3) is 0 Å². The number of ether oxygens (including phenoxy) is 2. The number of aliphatic hydroxyl groups excluding tert-OH is 1. The van der Waals surface area contributed by atoms with Crippen LogP contribution in [0.5, 0.6) is 0 Å². The molecule has 2 fully saturated rings. The maximum atomic E-state index is 12.8. The van der Waals surface area contributed by atoms with E-state index in [0.29, 0.717) is 36.4 Å². The number of likely N-dealkylation sites (N-methyl/N-ethyl adjacent to an activating group) is 1. The summed E-state index contributed by atoms with van der Waals surface area (Å²) in [4.78, 5) is 34.1. The van der Waals surface area contributed by atoms with Gasteiger partial charge in [-0.05, 0) is 32.1 Å². The molecule has 2 rings (SSSR count). The summed E-state index contributed by atoms with van der Waals surface area (Å²) in [6, 6.07) is 0. The third kappa shape index (κ3) is 25.4. The molecule has 7 unspecified atom stereocenters. The minimum atomic E-state index is -4.32. The maximum Gasteiger partial charge on any atom is 0.472 e. The van der Waals surface area contributed by atoms with E-state index < -0.39 is 26.0 Å². The molecule has 1 heterocycles. The number of hydrogen-bond acceptors (Lipinski definition) is 9. The van der Waals surface area contributed by atoms with Crippen molar-refractivity contribution in [3.8, 4) is 0 Å². The average Bonchev–Trinajstić information content (AvgIpc) is 3.76. The van der Waals surface area contributed by atoms with Gasteiger partial charge in [0.15, 0.2) is 0 Å². The Morgan fingerprint density at radius 2 is 1.39 bits per heavy atom. The number of rotatable bonds is 37. The highest BCUT2D eigenvalue weighted by molar-refractivity contribution is 7.47. The van der Waals surface area contributed by atoms with Crippen molar-refractivity contribution in [3.05, 3.63) is 24.3 Å². The zero-order valence-electron chi connectivity index (χ0n) is 36.1. The number of allylic oxidation sites excluding steroid dienone is 2. The summed E-state index contributed by atoms with van der Waals surface area (Å²) in [6.07, 6.45) is 32.4. The molecule has 12 heteroatoms. The fraction of sp³-hybridized carbons (Fsp3) is 0.886. The largest absolute Gasteiger partial charge is 0.472 e. The molecule has 56 heavy (non-hydrogen) atoms. The summed E-state index contributed by atoms with van der Waals surface area (Å²) in [7, 11) is 1.58. The SMILES string of the molecule is CCCCCCCCCCCCCCCCOCC(COP(=O)(O)OCC[N+](C)(C)C)OC(=O)CCC/C=C\CC1C2CC(OO2)C1/C=C/C(O)CCCCC. The number of phosphoric acid groups is 1. The van der Waals surface area contributed by atoms with Crippen molar-refractivity contribution < 1.29 is 52.1 Å². The van der Waals surface area contributed by atoms with Crippen molar-refractivity contribution in [2.45, 2.75) is 186 Å². The maximum absolute atomic E-state index is 12.8. The number of esters is 1. The van der Waals surface area contributed by atoms with Crippen LogP contribution in [0, 0.1) is 11.8 Å². The average molecular weight is 817 g/mol. The monoisotopic (exact) mass is 817 g/mol. The van der Waals surface area contributed by atoms with E-state index in [-0.39, 0.29) is 44.4 Å². The Labute approximate surface area is 341 Å². The van der Waals surface area contributed by atoms with Gasteiger partial charge in [-0.1, -0.05) is 141 Å². The van der Waals surface area contributed by atoms with Gasteiger partial charge in [0.2, 0.25) is 0 Å². The number of phosphoric ester groups is 1. The van der Waals surface area contributed by atoms with Crippen molar-refractivity contribution in [1.29, 1.82) is 0 Å². The summed E-state index contributed by atoms with van der Waals surface area (Å²) in [6.45, 7) is 5.35. The number of nitrogens with zero attached hydrogens (tertiary/aromatic N) is 1. The van der Waals surface area contributed by atoms with E-state index >= 15 is 0 Å². The van der Waals surface area contributed by atoms with Crippen LogP contribution in [0.2, 0.25) is 0 Å². The third-order valence-corrected chi connectivity index (χ3v) is 11.8. The van der Waals surface area contributed by atoms with E-state index in [1.165, 1.54) is 77.0 Å². The van der Waals surface area contributed by atoms with E-state index in [1.54, 1.807) is 0 Å². The second-order valence-electron chi connectivity index (χ2n) is 17.2. The number of unbranched alkanes of at least 4 members (excludes halogenated alkanes) is 16. The van der Waals surface area contributed by atoms with Crippen LogP contribution in [0.15, 0.2) is 24.3 Å². The first-order valence-electron chi connectivity index (χ1n) is 22.5. The van der Waals surface area contributed by atoms with Crippen LogP contribution in [-0.4, -0.2) is 99.0 Å². The van der Waals surface area contributed by atoms with Gasteiger partial charge in [-0.25, -0.2) is 14.3 Å². The van der Waals surface area contributed by atoms with Crippen LogP contribution in [0.4, 0.5) is 0 Å². The molecule has 1 aliphatic heterocycles. The highest BCUT2D eigenvalue weighted by Gasteiger charge is 2.49. The van der Waals surface area contributed by atoms with Gasteiger partial charge in [0.25, 0.3) is 0 Å². The normalized spacial score (nSPS) is 22.0. The number of fused-ring (bicyclic) bond motifs is 2. The predicted molar refractivity (Wildman–Crippen MR) is 224 cm³/mol. The van der Waals surface area contributed by atoms with Crippen molar-refractivity contribution in [1.82, 2.24) is 0 Å². The Bertz CT molecular complexity index is 1100. The third-order valence-electron chi connectivity index (χ3n) is 10.8. The Morgan fingerprint density at radius 3 is 2.04 bits per heavy atom. The van der Waals surface area contributed by atoms with Gasteiger partial charge >= 0.3 is 13.8 Å². The van der Waals surface area contributed by atoms with Gasteiger partial charge < -0.3 is 24.0 Å². The van der Waals surface area contributed by atoms with Crippen molar-refractivity contribution in [2.24, 2.45) is 11.8 Å². The lowest BCUT2D eigenvalue weighted by molar-refractivity contribution is -0.870. The van der Waals surface area contributed by atoms with Crippen LogP contribution in [-0.2, 0) is 37.7 Å². The van der Waals surface area contributed by atoms with Crippen molar-refractivity contribution in [3.63, 3.8) is 0 Å². The molecule has 328 valence electrons. The quantitative estimate of drug-likeness (QED) is 0.0156. The van der Waals surface area contributed by atoms with E-state index in [9.17, 15) is 19.4 Å². The molecule has 2 aliphatic rings. The molecule has 2 bridgehead atoms. The number of hydrogen-bond donors (Lipinski definition) is 2. The smallest absolute Gasteiger partial charge is 0.457 e. The highest BCUT2D eigenvalue weighted by atomic mass is 31.2. The lowest BCUT2D eigenvalue weighted by Crippen LogP contribution is -2.37. The fourth-order valence-corrected chi connectivity index (χ4v) is 8.07. The minimum absolute atomic E-state index is 0.0291. The van der Waals surface area contributed by atoms with Crippen molar-refractivity contribution >= 4 is 13.8 Å². The molecule has 1 saturated heterocycles. The molecule has 0 spiro atoms. The number of carbonyl (C=O) groups is 1. The van der Waals surface area contributed by atoms with E-state index in [2.05, 4.69) is 32.1 Å². The van der Waals surface area contributed by atoms with Gasteiger partial charge in [-0.15, -0.1) is 0 Å². The summed E-state index contributed by atoms with van der Waals surface area (Å²) in [5, 5.41) is 10.4. The Kier molecular flexibility index (Phi) is 28.1. The van der Waals surface area contributed by atoms with E-state index in [4.69, 9.17) is 28.3 Å². The summed E-state index contributed by atoms with van der Waals surface area (Å²) in [5.74, 6) is 0.104. The first-order valence-corrected chi connectivity index (χ1v) is 24.0. The van der Waals surface area contributed by atoms with Gasteiger partial charge in [0.1, 0.15) is 25.4 Å². The molecular weight excluding hydrogens is 733 g/mol. The number of quaternary nitrogens is 1. The number of aliphatic hydroxyl groups is 1. The van der Waals surface area contributed by atoms with E-state index in [1.807, 2.05) is 27.2 Å². The summed E-state index contributed by atoms with van der Waals surface area (Å²) in [5.41, 5.74) is 0. The van der Waals surface area contributed by atoms with Gasteiger partial charge in [-0.2, -0.15) is 0 Å². The van der Waals surface area contributed by atoms with Crippen molar-refractivity contribution in [2.75, 3.05) is 54.1 Å². The lowest BCUT2D eigenvalue weighted by atomic mass is 9.89. The molecule has 7 atom stereocenters. The molecule has 1 saturated carbocycles. The van der Waals surface area contributed by atoms with Crippen LogP contribution < -0.4 is 0 Å². The Balaban J connectivity index is 1.70. The molecular formula is C44H83NO10P+. The van der Waals surface area contributed by atoms with Gasteiger partial charge in [0.05, 0.1) is 46.6 Å².